The summed E-state index contributed by atoms with van der Waals surface area (Å²) in [5.41, 5.74) is 3.41. The van der Waals surface area contributed by atoms with Crippen LogP contribution in [0.4, 0.5) is 4.79 Å². The molecule has 4 rings (SSSR count). The molecule has 7 nitrogen and oxygen atoms in total. The van der Waals surface area contributed by atoms with Crippen LogP contribution in [-0.4, -0.2) is 39.7 Å². The van der Waals surface area contributed by atoms with Crippen molar-refractivity contribution in [3.63, 3.8) is 0 Å². The molecule has 0 saturated carbocycles. The first-order valence-corrected chi connectivity index (χ1v) is 11.1. The van der Waals surface area contributed by atoms with Crippen LogP contribution in [0.2, 0.25) is 0 Å². The lowest BCUT2D eigenvalue weighted by atomic mass is 10.0. The van der Waals surface area contributed by atoms with Gasteiger partial charge in [-0.3, -0.25) is 9.78 Å². The molecule has 0 aliphatic carbocycles. The molecule has 0 saturated heterocycles. The minimum atomic E-state index is -0.569. The van der Waals surface area contributed by atoms with Gasteiger partial charge in [0, 0.05) is 59.3 Å². The first-order valence-electron chi connectivity index (χ1n) is 11.1. The van der Waals surface area contributed by atoms with Gasteiger partial charge in [-0.1, -0.05) is 0 Å². The number of hydrogen-bond donors (Lipinski definition) is 2. The molecule has 7 heteroatoms. The van der Waals surface area contributed by atoms with Crippen LogP contribution in [0.3, 0.4) is 0 Å². The number of fused-ring (bicyclic) bond motifs is 4. The average Bonchev–Trinajstić information content (AvgIpc) is 3.02. The lowest BCUT2D eigenvalue weighted by molar-refractivity contribution is 0.0506. The van der Waals surface area contributed by atoms with Crippen LogP contribution in [0, 0.1) is 6.92 Å². The zero-order valence-electron chi connectivity index (χ0n) is 19.9. The number of amides is 2. The first kappa shape index (κ1) is 22.6. The topological polar surface area (TPSA) is 85.2 Å². The van der Waals surface area contributed by atoms with E-state index in [-0.39, 0.29) is 11.9 Å². The predicted molar refractivity (Wildman–Crippen MR) is 132 cm³/mol. The molecule has 0 spiro atoms. The fourth-order valence-corrected chi connectivity index (χ4v) is 4.27. The number of nitrogens with zero attached hydrogens (tertiary/aromatic N) is 2. The number of rotatable bonds is 4. The van der Waals surface area contributed by atoms with Crippen molar-refractivity contribution >= 4 is 44.6 Å². The van der Waals surface area contributed by atoms with Gasteiger partial charge in [0.2, 0.25) is 0 Å². The van der Waals surface area contributed by atoms with E-state index in [0.717, 1.165) is 27.2 Å². The maximum absolute atomic E-state index is 12.9. The number of carbonyl (C=O) groups is 2. The van der Waals surface area contributed by atoms with E-state index in [9.17, 15) is 9.59 Å². The monoisotopic (exact) mass is 446 g/mol. The molecule has 0 aliphatic rings. The third-order valence-electron chi connectivity index (χ3n) is 5.74. The van der Waals surface area contributed by atoms with Gasteiger partial charge in [0.15, 0.2) is 0 Å². The minimum absolute atomic E-state index is 0.189. The van der Waals surface area contributed by atoms with Crippen molar-refractivity contribution in [1.82, 2.24) is 20.2 Å². The molecule has 1 atom stereocenters. The van der Waals surface area contributed by atoms with E-state index in [1.165, 1.54) is 10.9 Å². The molecule has 0 radical (unpaired) electrons. The summed E-state index contributed by atoms with van der Waals surface area (Å²) in [7, 11) is 2.05. The van der Waals surface area contributed by atoms with Crippen molar-refractivity contribution in [2.75, 3.05) is 6.54 Å². The Morgan fingerprint density at radius 1 is 1.12 bits per heavy atom. The molecular weight excluding hydrogens is 416 g/mol. The number of ether oxygens (including phenoxy) is 1. The van der Waals surface area contributed by atoms with E-state index in [1.54, 1.807) is 0 Å². The number of aryl methyl sites for hydroxylation is 2. The summed E-state index contributed by atoms with van der Waals surface area (Å²) in [5.74, 6) is -0.189. The molecule has 2 aromatic carbocycles. The molecule has 33 heavy (non-hydrogen) atoms. The van der Waals surface area contributed by atoms with E-state index in [2.05, 4.69) is 40.2 Å². The molecule has 2 heterocycles. The number of hydrogen-bond acceptors (Lipinski definition) is 4. The van der Waals surface area contributed by atoms with Gasteiger partial charge in [-0.05, 0) is 75.9 Å². The van der Waals surface area contributed by atoms with Gasteiger partial charge in [-0.2, -0.15) is 0 Å². The van der Waals surface area contributed by atoms with Gasteiger partial charge in [-0.15, -0.1) is 0 Å². The molecule has 0 aliphatic heterocycles. The Labute approximate surface area is 193 Å². The summed E-state index contributed by atoms with van der Waals surface area (Å²) in [6, 6.07) is 9.65. The van der Waals surface area contributed by atoms with Crippen molar-refractivity contribution in [3.05, 3.63) is 53.9 Å². The number of nitrogens with one attached hydrogen (secondary N) is 2. The van der Waals surface area contributed by atoms with Gasteiger partial charge in [0.1, 0.15) is 5.60 Å². The molecular formula is C26H30N4O3. The normalized spacial score (nSPS) is 12.8. The molecule has 0 fully saturated rings. The zero-order chi connectivity index (χ0) is 23.9. The Morgan fingerprint density at radius 3 is 2.61 bits per heavy atom. The maximum atomic E-state index is 12.9. The number of aromatic nitrogens is 2. The smallest absolute Gasteiger partial charge is 0.407 e. The molecule has 172 valence electrons. The van der Waals surface area contributed by atoms with Crippen molar-refractivity contribution < 1.29 is 14.3 Å². The minimum Gasteiger partial charge on any atom is -0.444 e. The predicted octanol–water partition coefficient (Wildman–Crippen LogP) is 4.83. The van der Waals surface area contributed by atoms with E-state index >= 15 is 0 Å². The van der Waals surface area contributed by atoms with Gasteiger partial charge in [0.25, 0.3) is 5.91 Å². The Kier molecular flexibility index (Phi) is 5.74. The van der Waals surface area contributed by atoms with E-state index < -0.39 is 11.7 Å². The van der Waals surface area contributed by atoms with Gasteiger partial charge in [0.05, 0.1) is 5.52 Å². The Balaban J connectivity index is 1.58. The van der Waals surface area contributed by atoms with Crippen LogP contribution < -0.4 is 10.6 Å². The van der Waals surface area contributed by atoms with Gasteiger partial charge in [-0.25, -0.2) is 4.79 Å². The summed E-state index contributed by atoms with van der Waals surface area (Å²) in [4.78, 5) is 29.0. The van der Waals surface area contributed by atoms with Crippen molar-refractivity contribution in [1.29, 1.82) is 0 Å². The maximum Gasteiger partial charge on any atom is 0.407 e. The summed E-state index contributed by atoms with van der Waals surface area (Å²) >= 11 is 0. The molecule has 2 N–H and O–H groups in total. The Hall–Kier alpha value is -3.61. The third kappa shape index (κ3) is 4.49. The summed E-state index contributed by atoms with van der Waals surface area (Å²) < 4.78 is 7.44. The molecule has 2 aromatic heterocycles. The summed E-state index contributed by atoms with van der Waals surface area (Å²) in [6.45, 7) is 9.66. The number of benzene rings is 2. The quantitative estimate of drug-likeness (QED) is 0.470. The lowest BCUT2D eigenvalue weighted by Gasteiger charge is -2.22. The van der Waals surface area contributed by atoms with Crippen LogP contribution in [0.25, 0.3) is 32.6 Å². The number of alkyl carbamates (subject to hydrolysis) is 1. The van der Waals surface area contributed by atoms with Crippen LogP contribution in [-0.2, 0) is 11.8 Å². The fraction of sp³-hybridized carbons (Fsp3) is 0.346. The number of carbonyl (C=O) groups excluding carboxylic acids is 2. The highest BCUT2D eigenvalue weighted by Gasteiger charge is 2.19. The fourth-order valence-electron chi connectivity index (χ4n) is 4.27. The van der Waals surface area contributed by atoms with Crippen molar-refractivity contribution in [2.45, 2.75) is 46.3 Å². The third-order valence-corrected chi connectivity index (χ3v) is 5.74. The van der Waals surface area contributed by atoms with Gasteiger partial charge < -0.3 is 19.9 Å². The highest BCUT2D eigenvalue weighted by atomic mass is 16.6. The van der Waals surface area contributed by atoms with E-state index in [1.807, 2.05) is 64.4 Å². The van der Waals surface area contributed by atoms with Crippen LogP contribution in [0.1, 0.15) is 43.6 Å². The van der Waals surface area contributed by atoms with Crippen LogP contribution >= 0.6 is 0 Å². The Bertz CT molecular complexity index is 1380. The van der Waals surface area contributed by atoms with Crippen LogP contribution in [0.5, 0.6) is 0 Å². The van der Waals surface area contributed by atoms with Crippen molar-refractivity contribution in [3.8, 4) is 0 Å². The summed E-state index contributed by atoms with van der Waals surface area (Å²) in [6.07, 6.45) is 3.18. The second-order valence-electron chi connectivity index (χ2n) is 9.54. The molecule has 2 amide bonds. The molecule has 0 unspecified atom stereocenters. The lowest BCUT2D eigenvalue weighted by Crippen LogP contribution is -2.43. The SMILES string of the molecule is Cc1c2ccncc2cc2c3cc(C(=O)NC[C@H](C)NC(=O)OC(C)(C)C)ccc3n(C)c12. The van der Waals surface area contributed by atoms with E-state index in [4.69, 9.17) is 4.74 Å². The van der Waals surface area contributed by atoms with Crippen LogP contribution in [0.15, 0.2) is 42.7 Å². The highest BCUT2D eigenvalue weighted by Crippen LogP contribution is 2.35. The largest absolute Gasteiger partial charge is 0.444 e. The van der Waals surface area contributed by atoms with Crippen molar-refractivity contribution in [2.24, 2.45) is 7.05 Å². The molecule has 4 aromatic rings. The molecule has 0 bridgehead atoms. The highest BCUT2D eigenvalue weighted by molar-refractivity contribution is 6.15. The van der Waals surface area contributed by atoms with E-state index in [0.29, 0.717) is 12.1 Å². The second-order valence-corrected chi connectivity index (χ2v) is 9.54. The van der Waals surface area contributed by atoms with Gasteiger partial charge >= 0.3 is 6.09 Å². The average molecular weight is 447 g/mol. The summed E-state index contributed by atoms with van der Waals surface area (Å²) in [5, 5.41) is 10.0. The second kappa shape index (κ2) is 8.39. The first-order chi connectivity index (χ1) is 15.5. The number of pyridine rings is 1. The Morgan fingerprint density at radius 2 is 1.88 bits per heavy atom. The zero-order valence-corrected chi connectivity index (χ0v) is 19.9. The standard InChI is InChI=1S/C26H30N4O3/c1-15(29-25(32)33-26(3,4)5)13-28-24(31)17-7-8-22-20(11-17)21-12-18-14-27-10-9-19(18)16(2)23(21)30(22)6/h7-12,14-15H,13H2,1-6H3,(H,28,31)(H,29,32)/t15-/m0/s1.